The highest BCUT2D eigenvalue weighted by Crippen LogP contribution is 2.21. The van der Waals surface area contributed by atoms with E-state index in [0.717, 1.165) is 24.8 Å². The van der Waals surface area contributed by atoms with Crippen LogP contribution in [0.25, 0.3) is 0 Å². The molecule has 2 rings (SSSR count). The van der Waals surface area contributed by atoms with Gasteiger partial charge >= 0.3 is 5.97 Å². The molecule has 1 saturated heterocycles. The van der Waals surface area contributed by atoms with Crippen LogP contribution in [-0.4, -0.2) is 29.9 Å². The number of carboxylic acid groups (broad SMARTS) is 1. The lowest BCUT2D eigenvalue weighted by atomic mass is 10.0. The Morgan fingerprint density at radius 3 is 2.74 bits per heavy atom. The second kappa shape index (κ2) is 7.26. The molecule has 1 aromatic rings. The number of rotatable bonds is 6. The summed E-state index contributed by atoms with van der Waals surface area (Å²) in [6.45, 7) is 1.11. The summed E-state index contributed by atoms with van der Waals surface area (Å²) >= 11 is 0. The van der Waals surface area contributed by atoms with E-state index in [4.69, 9.17) is 14.6 Å². The highest BCUT2D eigenvalue weighted by atomic mass is 16.5. The topological polar surface area (TPSA) is 55.8 Å². The van der Waals surface area contributed by atoms with Gasteiger partial charge in [0.25, 0.3) is 0 Å². The van der Waals surface area contributed by atoms with Crippen LogP contribution in [0.2, 0.25) is 0 Å². The van der Waals surface area contributed by atoms with Crippen LogP contribution in [0.4, 0.5) is 0 Å². The van der Waals surface area contributed by atoms with Gasteiger partial charge in [0, 0.05) is 0 Å². The maximum atomic E-state index is 10.7. The summed E-state index contributed by atoms with van der Waals surface area (Å²) < 4.78 is 11.4. The number of benzene rings is 1. The molecule has 1 N–H and O–H groups in total. The molecule has 104 valence electrons. The summed E-state index contributed by atoms with van der Waals surface area (Å²) in [5, 5.41) is 8.77. The lowest BCUT2D eigenvalue weighted by Gasteiger charge is -2.29. The molecule has 0 saturated carbocycles. The zero-order chi connectivity index (χ0) is 13.5. The average molecular weight is 264 g/mol. The molecule has 0 radical (unpaired) electrons. The van der Waals surface area contributed by atoms with E-state index in [-0.39, 0.29) is 18.6 Å². The smallest absolute Gasteiger partial charge is 0.305 e. The molecule has 0 aliphatic carbocycles. The van der Waals surface area contributed by atoms with Crippen LogP contribution in [0.5, 0.6) is 0 Å². The Labute approximate surface area is 113 Å². The van der Waals surface area contributed by atoms with Gasteiger partial charge in [-0.2, -0.15) is 0 Å². The third-order valence-corrected chi connectivity index (χ3v) is 3.25. The molecule has 1 aromatic carbocycles. The Morgan fingerprint density at radius 1 is 1.26 bits per heavy atom. The molecular weight excluding hydrogens is 244 g/mol. The normalized spacial score (nSPS) is 23.2. The van der Waals surface area contributed by atoms with E-state index >= 15 is 0 Å². The molecule has 2 unspecified atom stereocenters. The predicted molar refractivity (Wildman–Crippen MR) is 70.9 cm³/mol. The summed E-state index contributed by atoms with van der Waals surface area (Å²) in [5.41, 5.74) is 1.14. The van der Waals surface area contributed by atoms with Crippen molar-refractivity contribution < 1.29 is 19.4 Å². The second-order valence-corrected chi connectivity index (χ2v) is 4.91. The number of aliphatic carboxylic acids is 1. The van der Waals surface area contributed by atoms with Crippen molar-refractivity contribution in [3.8, 4) is 0 Å². The van der Waals surface area contributed by atoms with Crippen molar-refractivity contribution in [1.29, 1.82) is 0 Å². The summed E-state index contributed by atoms with van der Waals surface area (Å²) in [7, 11) is 0. The molecular formula is C15H20O4. The molecule has 1 fully saturated rings. The number of hydrogen-bond acceptors (Lipinski definition) is 3. The Hall–Kier alpha value is -1.39. The maximum Gasteiger partial charge on any atom is 0.305 e. The first-order chi connectivity index (χ1) is 9.24. The highest BCUT2D eigenvalue weighted by Gasteiger charge is 2.24. The summed E-state index contributed by atoms with van der Waals surface area (Å²) in [6.07, 6.45) is 2.76. The third-order valence-electron chi connectivity index (χ3n) is 3.25. The zero-order valence-electron chi connectivity index (χ0n) is 11.0. The Morgan fingerprint density at radius 2 is 2.00 bits per heavy atom. The van der Waals surface area contributed by atoms with E-state index in [9.17, 15) is 4.79 Å². The standard InChI is InChI=1S/C15H20O4/c16-15(17)9-13-7-4-8-14(19-13)11-18-10-12-5-2-1-3-6-12/h1-3,5-6,13-14H,4,7-11H2,(H,16,17). The lowest BCUT2D eigenvalue weighted by molar-refractivity contribution is -0.145. The van der Waals surface area contributed by atoms with Crippen molar-refractivity contribution in [1.82, 2.24) is 0 Å². The fourth-order valence-electron chi connectivity index (χ4n) is 2.33. The van der Waals surface area contributed by atoms with Gasteiger partial charge in [0.05, 0.1) is 31.8 Å². The lowest BCUT2D eigenvalue weighted by Crippen LogP contribution is -2.32. The first-order valence-corrected chi connectivity index (χ1v) is 6.73. The van der Waals surface area contributed by atoms with Crippen molar-refractivity contribution in [3.05, 3.63) is 35.9 Å². The summed E-state index contributed by atoms with van der Waals surface area (Å²) in [6, 6.07) is 9.99. The Balaban J connectivity index is 1.69. The van der Waals surface area contributed by atoms with Gasteiger partial charge in [0.2, 0.25) is 0 Å². The van der Waals surface area contributed by atoms with Gasteiger partial charge in [-0.1, -0.05) is 30.3 Å². The minimum Gasteiger partial charge on any atom is -0.481 e. The van der Waals surface area contributed by atoms with Crippen LogP contribution in [0.3, 0.4) is 0 Å². The third kappa shape index (κ3) is 5.01. The SMILES string of the molecule is O=C(O)CC1CCCC(COCc2ccccc2)O1. The molecule has 4 nitrogen and oxygen atoms in total. The monoisotopic (exact) mass is 264 g/mol. The molecule has 19 heavy (non-hydrogen) atoms. The quantitative estimate of drug-likeness (QED) is 0.858. The van der Waals surface area contributed by atoms with E-state index in [1.54, 1.807) is 0 Å². The van der Waals surface area contributed by atoms with Crippen molar-refractivity contribution in [2.24, 2.45) is 0 Å². The first kappa shape index (κ1) is 14.0. The molecule has 0 aromatic heterocycles. The maximum absolute atomic E-state index is 10.7. The average Bonchev–Trinajstić information content (AvgIpc) is 2.40. The second-order valence-electron chi connectivity index (χ2n) is 4.91. The van der Waals surface area contributed by atoms with Crippen LogP contribution in [0, 0.1) is 0 Å². The van der Waals surface area contributed by atoms with Gasteiger partial charge in [-0.05, 0) is 24.8 Å². The van der Waals surface area contributed by atoms with Crippen LogP contribution in [0.15, 0.2) is 30.3 Å². The first-order valence-electron chi connectivity index (χ1n) is 6.73. The fourth-order valence-corrected chi connectivity index (χ4v) is 2.33. The van der Waals surface area contributed by atoms with Gasteiger partial charge in [-0.15, -0.1) is 0 Å². The zero-order valence-corrected chi connectivity index (χ0v) is 11.0. The number of carboxylic acids is 1. The Kier molecular flexibility index (Phi) is 5.36. The minimum atomic E-state index is -0.796. The Bertz CT molecular complexity index is 390. The predicted octanol–water partition coefficient (Wildman–Crippen LogP) is 2.62. The van der Waals surface area contributed by atoms with Gasteiger partial charge < -0.3 is 14.6 Å². The van der Waals surface area contributed by atoms with Crippen LogP contribution in [0.1, 0.15) is 31.2 Å². The molecule has 2 atom stereocenters. The van der Waals surface area contributed by atoms with Gasteiger partial charge in [0.1, 0.15) is 0 Å². The van der Waals surface area contributed by atoms with Crippen molar-refractivity contribution in [2.75, 3.05) is 6.61 Å². The van der Waals surface area contributed by atoms with E-state index < -0.39 is 5.97 Å². The molecule has 0 amide bonds. The molecule has 0 spiro atoms. The highest BCUT2D eigenvalue weighted by molar-refractivity contribution is 5.67. The fraction of sp³-hybridized carbons (Fsp3) is 0.533. The molecule has 1 heterocycles. The van der Waals surface area contributed by atoms with Gasteiger partial charge in [0.15, 0.2) is 0 Å². The largest absolute Gasteiger partial charge is 0.481 e. The minimum absolute atomic E-state index is 0.0295. The van der Waals surface area contributed by atoms with E-state index in [2.05, 4.69) is 0 Å². The molecule has 1 aliphatic rings. The van der Waals surface area contributed by atoms with E-state index in [1.165, 1.54) is 0 Å². The van der Waals surface area contributed by atoms with Gasteiger partial charge in [-0.25, -0.2) is 0 Å². The molecule has 1 aliphatic heterocycles. The van der Waals surface area contributed by atoms with Crippen LogP contribution >= 0.6 is 0 Å². The van der Waals surface area contributed by atoms with E-state index in [0.29, 0.717) is 13.2 Å². The number of hydrogen-bond donors (Lipinski definition) is 1. The number of carbonyl (C=O) groups is 1. The number of ether oxygens (including phenoxy) is 2. The summed E-state index contributed by atoms with van der Waals surface area (Å²) in [4.78, 5) is 10.7. The van der Waals surface area contributed by atoms with Crippen molar-refractivity contribution >= 4 is 5.97 Å². The molecule has 0 bridgehead atoms. The summed E-state index contributed by atoms with van der Waals surface area (Å²) in [5.74, 6) is -0.796. The van der Waals surface area contributed by atoms with Crippen LogP contribution in [-0.2, 0) is 20.9 Å². The van der Waals surface area contributed by atoms with Crippen molar-refractivity contribution in [2.45, 2.75) is 44.5 Å². The van der Waals surface area contributed by atoms with Crippen LogP contribution < -0.4 is 0 Å². The molecule has 4 heteroatoms. The van der Waals surface area contributed by atoms with E-state index in [1.807, 2.05) is 30.3 Å². The van der Waals surface area contributed by atoms with Crippen molar-refractivity contribution in [3.63, 3.8) is 0 Å². The van der Waals surface area contributed by atoms with Gasteiger partial charge in [-0.3, -0.25) is 4.79 Å².